The molecule has 1 aromatic rings. The van der Waals surface area contributed by atoms with Gasteiger partial charge in [0.25, 0.3) is 11.6 Å². The molecule has 1 amide bonds. The summed E-state index contributed by atoms with van der Waals surface area (Å²) >= 11 is 0. The number of nitrogens with zero attached hydrogens (tertiary/aromatic N) is 3. The number of amides is 1. The molecule has 0 saturated carbocycles. The maximum absolute atomic E-state index is 11.9. The van der Waals surface area contributed by atoms with Gasteiger partial charge in [-0.05, 0) is 6.07 Å². The zero-order valence-corrected chi connectivity index (χ0v) is 12.8. The third-order valence-electron chi connectivity index (χ3n) is 3.69. The van der Waals surface area contributed by atoms with Gasteiger partial charge in [-0.15, -0.1) is 0 Å². The van der Waals surface area contributed by atoms with Gasteiger partial charge in [-0.2, -0.15) is 5.10 Å². The Bertz CT molecular complexity index is 626. The monoisotopic (exact) mass is 323 g/mol. The highest BCUT2D eigenvalue weighted by atomic mass is 16.6. The molecule has 23 heavy (non-hydrogen) atoms. The number of nitrogens with one attached hydrogen (secondary N) is 1. The molecule has 0 radical (unpaired) electrons. The Balaban J connectivity index is 1.94. The summed E-state index contributed by atoms with van der Waals surface area (Å²) in [5.41, 5.74) is 2.37. The van der Waals surface area contributed by atoms with E-state index in [4.69, 9.17) is 4.74 Å². The second kappa shape index (κ2) is 7.16. The van der Waals surface area contributed by atoms with Crippen molar-refractivity contribution in [2.24, 2.45) is 5.10 Å². The van der Waals surface area contributed by atoms with Crippen molar-refractivity contribution in [3.8, 4) is 5.75 Å². The van der Waals surface area contributed by atoms with Gasteiger partial charge in [0.1, 0.15) is 18.8 Å². The van der Waals surface area contributed by atoms with Crippen molar-refractivity contribution < 1.29 is 24.0 Å². The molecular weight excluding hydrogens is 304 g/mol. The number of aromatic hydroxyl groups is 1. The number of nitro groups is 1. The SMILES string of the molecule is C[N+]1(CC(=O)N/N=C/c2cc([N+](=O)[O-])ccc2O)CCOCC1. The zero-order valence-electron chi connectivity index (χ0n) is 12.8. The third-order valence-corrected chi connectivity index (χ3v) is 3.69. The summed E-state index contributed by atoms with van der Waals surface area (Å²) < 4.78 is 5.84. The highest BCUT2D eigenvalue weighted by molar-refractivity contribution is 5.86. The number of non-ortho nitro benzene ring substituents is 1. The smallest absolute Gasteiger partial charge is 0.295 e. The maximum atomic E-state index is 11.9. The summed E-state index contributed by atoms with van der Waals surface area (Å²) in [6.45, 7) is 3.01. The number of morpholine rings is 1. The first-order chi connectivity index (χ1) is 10.9. The van der Waals surface area contributed by atoms with Crippen molar-refractivity contribution in [3.05, 3.63) is 33.9 Å². The molecule has 1 heterocycles. The van der Waals surface area contributed by atoms with Crippen LogP contribution in [0, 0.1) is 10.1 Å². The Morgan fingerprint density at radius 3 is 2.87 bits per heavy atom. The summed E-state index contributed by atoms with van der Waals surface area (Å²) in [7, 11) is 1.97. The molecule has 1 aliphatic rings. The van der Waals surface area contributed by atoms with Gasteiger partial charge in [-0.1, -0.05) is 0 Å². The number of likely N-dealkylation sites (N-methyl/N-ethyl adjacent to an activating group) is 1. The number of hydrazone groups is 1. The van der Waals surface area contributed by atoms with Crippen molar-refractivity contribution in [1.82, 2.24) is 5.43 Å². The van der Waals surface area contributed by atoms with Gasteiger partial charge in [-0.25, -0.2) is 5.43 Å². The van der Waals surface area contributed by atoms with Crippen LogP contribution >= 0.6 is 0 Å². The number of carbonyl (C=O) groups is 1. The largest absolute Gasteiger partial charge is 0.507 e. The molecule has 124 valence electrons. The van der Waals surface area contributed by atoms with Crippen LogP contribution in [0.5, 0.6) is 5.75 Å². The minimum Gasteiger partial charge on any atom is -0.507 e. The molecule has 0 spiro atoms. The Morgan fingerprint density at radius 2 is 2.22 bits per heavy atom. The van der Waals surface area contributed by atoms with Gasteiger partial charge in [-0.3, -0.25) is 14.9 Å². The number of phenols is 1. The second-order valence-electron chi connectivity index (χ2n) is 5.63. The number of hydrogen-bond acceptors (Lipinski definition) is 6. The fourth-order valence-corrected chi connectivity index (χ4v) is 2.26. The number of phenolic OH excluding ortho intramolecular Hbond substituents is 1. The highest BCUT2D eigenvalue weighted by Gasteiger charge is 2.27. The first-order valence-corrected chi connectivity index (χ1v) is 7.10. The van der Waals surface area contributed by atoms with Crippen LogP contribution in [0.25, 0.3) is 0 Å². The first kappa shape index (κ1) is 16.8. The molecule has 1 aromatic carbocycles. The molecule has 0 aliphatic carbocycles. The van der Waals surface area contributed by atoms with Crippen LogP contribution in [0.4, 0.5) is 5.69 Å². The lowest BCUT2D eigenvalue weighted by Crippen LogP contribution is -2.55. The Morgan fingerprint density at radius 1 is 1.52 bits per heavy atom. The third kappa shape index (κ3) is 4.73. The van der Waals surface area contributed by atoms with E-state index in [0.29, 0.717) is 17.7 Å². The lowest BCUT2D eigenvalue weighted by atomic mass is 10.2. The standard InChI is InChI=1S/C14H18N4O5/c1-18(4-6-23-7-5-18)10-14(20)16-15-9-11-8-12(17(21)22)2-3-13(11)19/h2-3,8-9H,4-7,10H2,1H3,(H-,15,16,19,20)/p+1. The number of ether oxygens (including phenoxy) is 1. The van der Waals surface area contributed by atoms with Crippen molar-refractivity contribution in [1.29, 1.82) is 0 Å². The number of rotatable bonds is 5. The van der Waals surface area contributed by atoms with Crippen LogP contribution < -0.4 is 5.43 Å². The molecule has 0 atom stereocenters. The molecule has 1 aliphatic heterocycles. The second-order valence-corrected chi connectivity index (χ2v) is 5.63. The zero-order chi connectivity index (χ0) is 16.9. The van der Waals surface area contributed by atoms with Crippen LogP contribution in [0.2, 0.25) is 0 Å². The van der Waals surface area contributed by atoms with Crippen molar-refractivity contribution in [2.75, 3.05) is 39.9 Å². The summed E-state index contributed by atoms with van der Waals surface area (Å²) in [6, 6.07) is 3.58. The summed E-state index contributed by atoms with van der Waals surface area (Å²) in [4.78, 5) is 22.0. The van der Waals surface area contributed by atoms with Crippen LogP contribution in [0.3, 0.4) is 0 Å². The quantitative estimate of drug-likeness (QED) is 0.348. The van der Waals surface area contributed by atoms with E-state index < -0.39 is 4.92 Å². The molecule has 1 fully saturated rings. The van der Waals surface area contributed by atoms with E-state index >= 15 is 0 Å². The maximum Gasteiger partial charge on any atom is 0.295 e. The van der Waals surface area contributed by atoms with Gasteiger partial charge in [0, 0.05) is 17.7 Å². The van der Waals surface area contributed by atoms with Gasteiger partial charge in [0.05, 0.1) is 31.4 Å². The highest BCUT2D eigenvalue weighted by Crippen LogP contribution is 2.21. The first-order valence-electron chi connectivity index (χ1n) is 7.10. The average Bonchev–Trinajstić information content (AvgIpc) is 2.49. The molecule has 2 rings (SSSR count). The van der Waals surface area contributed by atoms with Gasteiger partial charge in [0.15, 0.2) is 6.54 Å². The van der Waals surface area contributed by atoms with E-state index in [0.717, 1.165) is 13.1 Å². The predicted molar refractivity (Wildman–Crippen MR) is 82.1 cm³/mol. The van der Waals surface area contributed by atoms with Crippen LogP contribution in [-0.4, -0.2) is 66.5 Å². The lowest BCUT2D eigenvalue weighted by molar-refractivity contribution is -0.909. The molecule has 9 nitrogen and oxygen atoms in total. The minimum atomic E-state index is -0.571. The number of quaternary nitrogens is 1. The fraction of sp³-hybridized carbons (Fsp3) is 0.429. The van der Waals surface area contributed by atoms with Crippen LogP contribution in [0.15, 0.2) is 23.3 Å². The van der Waals surface area contributed by atoms with E-state index in [-0.39, 0.29) is 29.5 Å². The van der Waals surface area contributed by atoms with Crippen molar-refractivity contribution >= 4 is 17.8 Å². The van der Waals surface area contributed by atoms with E-state index in [2.05, 4.69) is 10.5 Å². The summed E-state index contributed by atoms with van der Waals surface area (Å²) in [5, 5.41) is 24.1. The molecule has 1 saturated heterocycles. The number of nitro benzene ring substituents is 1. The van der Waals surface area contributed by atoms with Gasteiger partial charge >= 0.3 is 0 Å². The van der Waals surface area contributed by atoms with Gasteiger partial charge in [0.2, 0.25) is 0 Å². The molecule has 0 unspecified atom stereocenters. The Hall–Kier alpha value is -2.52. The normalized spacial score (nSPS) is 17.1. The minimum absolute atomic E-state index is 0.152. The number of hydrogen-bond donors (Lipinski definition) is 2. The molecule has 9 heteroatoms. The van der Waals surface area contributed by atoms with Crippen LogP contribution in [-0.2, 0) is 9.53 Å². The van der Waals surface area contributed by atoms with Gasteiger partial charge < -0.3 is 14.3 Å². The molecule has 0 bridgehead atoms. The predicted octanol–water partition coefficient (Wildman–Crippen LogP) is 0.227. The molecule has 2 N–H and O–H groups in total. The Kier molecular flexibility index (Phi) is 5.24. The Labute approximate surface area is 132 Å². The molecule has 0 aromatic heterocycles. The topological polar surface area (TPSA) is 114 Å². The average molecular weight is 323 g/mol. The summed E-state index contributed by atoms with van der Waals surface area (Å²) in [5.74, 6) is -0.420. The van der Waals surface area contributed by atoms with Crippen LogP contribution in [0.1, 0.15) is 5.56 Å². The number of carbonyl (C=O) groups excluding carboxylic acids is 1. The lowest BCUT2D eigenvalue weighted by Gasteiger charge is -2.36. The molecular formula is C14H19N4O5+. The van der Waals surface area contributed by atoms with E-state index in [9.17, 15) is 20.0 Å². The number of benzene rings is 1. The fourth-order valence-electron chi connectivity index (χ4n) is 2.26. The van der Waals surface area contributed by atoms with E-state index in [1.54, 1.807) is 0 Å². The van der Waals surface area contributed by atoms with Crippen molar-refractivity contribution in [2.45, 2.75) is 0 Å². The summed E-state index contributed by atoms with van der Waals surface area (Å²) in [6.07, 6.45) is 1.18. The van der Waals surface area contributed by atoms with E-state index in [1.165, 1.54) is 24.4 Å². The van der Waals surface area contributed by atoms with E-state index in [1.807, 2.05) is 7.05 Å². The van der Waals surface area contributed by atoms with Crippen molar-refractivity contribution in [3.63, 3.8) is 0 Å².